The van der Waals surface area contributed by atoms with Crippen LogP contribution in [0.1, 0.15) is 37.7 Å². The normalized spacial score (nSPS) is 18.8. The first-order valence-electron chi connectivity index (χ1n) is 10.0. The highest BCUT2D eigenvalue weighted by Crippen LogP contribution is 2.35. The molecule has 0 N–H and O–H groups in total. The molecule has 0 atom stereocenters. The van der Waals surface area contributed by atoms with Gasteiger partial charge in [0.25, 0.3) is 0 Å². The third-order valence-corrected chi connectivity index (χ3v) is 5.95. The summed E-state index contributed by atoms with van der Waals surface area (Å²) in [6.07, 6.45) is -0.775. The largest absolute Gasteiger partial charge is 0.417 e. The van der Waals surface area contributed by atoms with Gasteiger partial charge < -0.3 is 14.5 Å². The van der Waals surface area contributed by atoms with Crippen molar-refractivity contribution in [3.63, 3.8) is 0 Å². The fourth-order valence-electron chi connectivity index (χ4n) is 4.03. The molecule has 1 aromatic heterocycles. The molecule has 1 aromatic rings. The number of amides is 1. The number of anilines is 1. The molecule has 0 aromatic carbocycles. The SMILES string of the molecule is N#CCCN(C(=O)C1CCN(c2ncc(C(F)(F)F)cc2Cl)CC1)C1CCOCC1. The maximum Gasteiger partial charge on any atom is 0.417 e. The maximum absolute atomic E-state index is 13.2. The van der Waals surface area contributed by atoms with Gasteiger partial charge in [0.1, 0.15) is 5.82 Å². The number of nitrogens with zero attached hydrogens (tertiary/aromatic N) is 4. The number of piperidine rings is 1. The first-order valence-corrected chi connectivity index (χ1v) is 10.4. The molecule has 0 spiro atoms. The third-order valence-electron chi connectivity index (χ3n) is 5.67. The molecule has 2 saturated heterocycles. The summed E-state index contributed by atoms with van der Waals surface area (Å²) < 4.78 is 43.8. The summed E-state index contributed by atoms with van der Waals surface area (Å²) in [5, 5.41) is 8.90. The third kappa shape index (κ3) is 5.35. The second-order valence-corrected chi connectivity index (χ2v) is 7.98. The second-order valence-electron chi connectivity index (χ2n) is 7.57. The predicted octanol–water partition coefficient (Wildman–Crippen LogP) is 3.89. The van der Waals surface area contributed by atoms with Crippen molar-refractivity contribution >= 4 is 23.3 Å². The second kappa shape index (κ2) is 9.84. The van der Waals surface area contributed by atoms with Crippen LogP contribution in [0.3, 0.4) is 0 Å². The highest BCUT2D eigenvalue weighted by Gasteiger charge is 2.35. The Balaban J connectivity index is 1.63. The van der Waals surface area contributed by atoms with Crippen LogP contribution in [0.4, 0.5) is 19.0 Å². The van der Waals surface area contributed by atoms with Crippen molar-refractivity contribution in [3.8, 4) is 6.07 Å². The summed E-state index contributed by atoms with van der Waals surface area (Å²) in [6, 6.07) is 3.08. The Hall–Kier alpha value is -2.05. The number of carbonyl (C=O) groups excluding carboxylic acids is 1. The zero-order chi connectivity index (χ0) is 21.7. The van der Waals surface area contributed by atoms with Gasteiger partial charge in [-0.15, -0.1) is 0 Å². The summed E-state index contributed by atoms with van der Waals surface area (Å²) >= 11 is 6.06. The number of carbonyl (C=O) groups is 1. The van der Waals surface area contributed by atoms with Gasteiger partial charge in [-0.05, 0) is 31.7 Å². The Morgan fingerprint density at radius 1 is 1.30 bits per heavy atom. The monoisotopic (exact) mass is 444 g/mol. The van der Waals surface area contributed by atoms with E-state index in [4.69, 9.17) is 21.6 Å². The van der Waals surface area contributed by atoms with Gasteiger partial charge in [-0.2, -0.15) is 18.4 Å². The van der Waals surface area contributed by atoms with Gasteiger partial charge in [-0.25, -0.2) is 4.98 Å². The zero-order valence-corrected chi connectivity index (χ0v) is 17.3. The standard InChI is InChI=1S/C20H24ClF3N4O2/c21-17-12-15(20(22,23)24)13-26-18(17)27-8-2-14(3-9-27)19(29)28(7-1-6-25)16-4-10-30-11-5-16/h12-14,16H,1-5,7-11H2. The number of pyridine rings is 1. The van der Waals surface area contributed by atoms with Crippen LogP contribution in [0.25, 0.3) is 0 Å². The van der Waals surface area contributed by atoms with Crippen LogP contribution in [0.15, 0.2) is 12.3 Å². The van der Waals surface area contributed by atoms with Crippen LogP contribution in [0.2, 0.25) is 5.02 Å². The topological polar surface area (TPSA) is 69.5 Å². The van der Waals surface area contributed by atoms with E-state index in [0.29, 0.717) is 51.5 Å². The van der Waals surface area contributed by atoms with Crippen molar-refractivity contribution in [2.75, 3.05) is 37.7 Å². The number of ether oxygens (including phenoxy) is 1. The molecule has 2 aliphatic heterocycles. The highest BCUT2D eigenvalue weighted by atomic mass is 35.5. The molecule has 30 heavy (non-hydrogen) atoms. The van der Waals surface area contributed by atoms with Crippen LogP contribution < -0.4 is 4.90 Å². The maximum atomic E-state index is 13.2. The summed E-state index contributed by atoms with van der Waals surface area (Å²) in [4.78, 5) is 20.7. The Labute approximate surface area is 178 Å². The van der Waals surface area contributed by atoms with E-state index in [1.54, 1.807) is 0 Å². The first kappa shape index (κ1) is 22.6. The molecule has 0 aliphatic carbocycles. The number of hydrogen-bond acceptors (Lipinski definition) is 5. The van der Waals surface area contributed by atoms with Gasteiger partial charge in [-0.3, -0.25) is 4.79 Å². The number of nitriles is 1. The average Bonchev–Trinajstić information content (AvgIpc) is 2.74. The van der Waals surface area contributed by atoms with Gasteiger partial charge in [0.05, 0.1) is 23.1 Å². The molecule has 6 nitrogen and oxygen atoms in total. The van der Waals surface area contributed by atoms with Gasteiger partial charge in [-0.1, -0.05) is 11.6 Å². The molecule has 3 rings (SSSR count). The van der Waals surface area contributed by atoms with E-state index in [2.05, 4.69) is 11.1 Å². The Bertz CT molecular complexity index is 785. The number of rotatable bonds is 5. The van der Waals surface area contributed by atoms with Gasteiger partial charge in [0.2, 0.25) is 5.91 Å². The number of halogens is 4. The van der Waals surface area contributed by atoms with E-state index in [1.165, 1.54) is 0 Å². The molecule has 0 saturated carbocycles. The Morgan fingerprint density at radius 3 is 2.53 bits per heavy atom. The van der Waals surface area contributed by atoms with E-state index >= 15 is 0 Å². The van der Waals surface area contributed by atoms with Crippen molar-refractivity contribution in [2.24, 2.45) is 5.92 Å². The summed E-state index contributed by atoms with van der Waals surface area (Å²) in [5.41, 5.74) is -0.883. The fraction of sp³-hybridized carbons (Fsp3) is 0.650. The summed E-state index contributed by atoms with van der Waals surface area (Å²) in [7, 11) is 0. The van der Waals surface area contributed by atoms with Crippen LogP contribution in [0, 0.1) is 17.2 Å². The van der Waals surface area contributed by atoms with Gasteiger partial charge in [0, 0.05) is 51.0 Å². The molecule has 3 heterocycles. The zero-order valence-electron chi connectivity index (χ0n) is 16.5. The molecular weight excluding hydrogens is 421 g/mol. The van der Waals surface area contributed by atoms with Crippen molar-refractivity contribution in [3.05, 3.63) is 22.8 Å². The van der Waals surface area contributed by atoms with E-state index in [-0.39, 0.29) is 29.3 Å². The van der Waals surface area contributed by atoms with Gasteiger partial charge in [0.15, 0.2) is 0 Å². The molecule has 0 unspecified atom stereocenters. The fourth-order valence-corrected chi connectivity index (χ4v) is 4.32. The molecule has 1 amide bonds. The number of aromatic nitrogens is 1. The first-order chi connectivity index (χ1) is 14.3. The van der Waals surface area contributed by atoms with Crippen molar-refractivity contribution in [1.82, 2.24) is 9.88 Å². The lowest BCUT2D eigenvalue weighted by atomic mass is 9.93. The molecule has 10 heteroatoms. The van der Waals surface area contributed by atoms with Crippen LogP contribution in [-0.4, -0.2) is 54.7 Å². The lowest BCUT2D eigenvalue weighted by molar-refractivity contribution is -0.140. The minimum absolute atomic E-state index is 0.0447. The van der Waals surface area contributed by atoms with Crippen molar-refractivity contribution in [2.45, 2.75) is 44.3 Å². The Kier molecular flexibility index (Phi) is 7.42. The molecule has 2 aliphatic rings. The molecule has 2 fully saturated rings. The van der Waals surface area contributed by atoms with E-state index in [1.807, 2.05) is 9.80 Å². The van der Waals surface area contributed by atoms with Crippen molar-refractivity contribution in [1.29, 1.82) is 5.26 Å². The van der Waals surface area contributed by atoms with E-state index in [0.717, 1.165) is 25.1 Å². The van der Waals surface area contributed by atoms with Crippen LogP contribution in [-0.2, 0) is 15.7 Å². The van der Waals surface area contributed by atoms with Crippen LogP contribution in [0.5, 0.6) is 0 Å². The number of alkyl halides is 3. The predicted molar refractivity (Wildman–Crippen MR) is 105 cm³/mol. The summed E-state index contributed by atoms with van der Waals surface area (Å²) in [5.74, 6) is 0.167. The lowest BCUT2D eigenvalue weighted by Gasteiger charge is -2.39. The Morgan fingerprint density at radius 2 is 1.97 bits per heavy atom. The molecule has 164 valence electrons. The smallest absolute Gasteiger partial charge is 0.381 e. The van der Waals surface area contributed by atoms with Crippen molar-refractivity contribution < 1.29 is 22.7 Å². The molecule has 0 bridgehead atoms. The van der Waals surface area contributed by atoms with E-state index in [9.17, 15) is 18.0 Å². The highest BCUT2D eigenvalue weighted by molar-refractivity contribution is 6.33. The van der Waals surface area contributed by atoms with Crippen LogP contribution >= 0.6 is 11.6 Å². The minimum atomic E-state index is -4.49. The quantitative estimate of drug-likeness (QED) is 0.689. The number of hydrogen-bond donors (Lipinski definition) is 0. The lowest BCUT2D eigenvalue weighted by Crippen LogP contribution is -2.49. The molecule has 0 radical (unpaired) electrons. The molecular formula is C20H24ClF3N4O2. The van der Waals surface area contributed by atoms with Gasteiger partial charge >= 0.3 is 6.18 Å². The van der Waals surface area contributed by atoms with E-state index < -0.39 is 11.7 Å². The average molecular weight is 445 g/mol. The minimum Gasteiger partial charge on any atom is -0.381 e. The summed E-state index contributed by atoms with van der Waals surface area (Å²) in [6.45, 7) is 2.59.